The smallest absolute Gasteiger partial charge is 0.240 e. The normalized spacial score (nSPS) is 13.3. The Labute approximate surface area is 127 Å². The molecule has 0 bridgehead atoms. The molecule has 1 atom stereocenters. The first-order chi connectivity index (χ1) is 9.79. The summed E-state index contributed by atoms with van der Waals surface area (Å²) >= 11 is 1.58. The van der Waals surface area contributed by atoms with Gasteiger partial charge in [-0.1, -0.05) is 6.07 Å². The zero-order chi connectivity index (χ0) is 15.6. The van der Waals surface area contributed by atoms with Crippen molar-refractivity contribution in [2.45, 2.75) is 31.2 Å². The first-order valence-electron chi connectivity index (χ1n) is 6.40. The molecule has 1 aromatic carbocycles. The van der Waals surface area contributed by atoms with Crippen LogP contribution in [0.2, 0.25) is 0 Å². The lowest BCUT2D eigenvalue weighted by molar-refractivity contribution is 0.560. The molecule has 3 N–H and O–H groups in total. The molecule has 0 aliphatic carbocycles. The third kappa shape index (κ3) is 3.81. The summed E-state index contributed by atoms with van der Waals surface area (Å²) in [6.07, 6.45) is 0.604. The van der Waals surface area contributed by atoms with E-state index in [0.717, 1.165) is 10.9 Å². The molecule has 1 aromatic heterocycles. The van der Waals surface area contributed by atoms with Crippen LogP contribution < -0.4 is 10.5 Å². The fourth-order valence-electron chi connectivity index (χ4n) is 2.02. The van der Waals surface area contributed by atoms with E-state index in [2.05, 4.69) is 4.72 Å². The number of hydrogen-bond acceptors (Lipinski definition) is 4. The number of thiophene rings is 1. The topological polar surface area (TPSA) is 72.2 Å². The highest BCUT2D eigenvalue weighted by Gasteiger charge is 2.20. The fraction of sp³-hybridized carbons (Fsp3) is 0.286. The van der Waals surface area contributed by atoms with Crippen LogP contribution in [0.3, 0.4) is 0 Å². The molecule has 0 fully saturated rings. The number of aryl methyl sites for hydroxylation is 1. The van der Waals surface area contributed by atoms with Crippen LogP contribution in [-0.2, 0) is 16.4 Å². The van der Waals surface area contributed by atoms with Crippen molar-refractivity contribution in [2.75, 3.05) is 5.73 Å². The predicted octanol–water partition coefficient (Wildman–Crippen LogP) is 2.69. The zero-order valence-corrected chi connectivity index (χ0v) is 13.4. The Kier molecular flexibility index (Phi) is 4.65. The van der Waals surface area contributed by atoms with Gasteiger partial charge in [0.05, 0.1) is 10.6 Å². The van der Waals surface area contributed by atoms with Crippen molar-refractivity contribution >= 4 is 27.0 Å². The van der Waals surface area contributed by atoms with Crippen molar-refractivity contribution in [3.8, 4) is 0 Å². The fourth-order valence-corrected chi connectivity index (χ4v) is 4.22. The maximum Gasteiger partial charge on any atom is 0.240 e. The molecule has 0 aliphatic heterocycles. The summed E-state index contributed by atoms with van der Waals surface area (Å²) in [4.78, 5) is 1.08. The van der Waals surface area contributed by atoms with Crippen molar-refractivity contribution in [3.05, 3.63) is 45.9 Å². The van der Waals surface area contributed by atoms with E-state index in [1.165, 1.54) is 13.0 Å². The Hall–Kier alpha value is -1.44. The molecule has 1 heterocycles. The SMILES string of the molecule is Cc1cc(S(=O)(=O)NC(C)Cc2cccs2)cc(N)c1F. The van der Waals surface area contributed by atoms with Crippen LogP contribution in [0.4, 0.5) is 10.1 Å². The number of benzene rings is 1. The van der Waals surface area contributed by atoms with Crippen LogP contribution in [0, 0.1) is 12.7 Å². The molecule has 21 heavy (non-hydrogen) atoms. The van der Waals surface area contributed by atoms with Crippen LogP contribution >= 0.6 is 11.3 Å². The molecule has 1 unspecified atom stereocenters. The minimum absolute atomic E-state index is 0.0167. The van der Waals surface area contributed by atoms with Crippen LogP contribution in [0.15, 0.2) is 34.5 Å². The van der Waals surface area contributed by atoms with Gasteiger partial charge in [0.25, 0.3) is 0 Å². The van der Waals surface area contributed by atoms with Crippen LogP contribution in [0.1, 0.15) is 17.4 Å². The maximum absolute atomic E-state index is 13.5. The van der Waals surface area contributed by atoms with E-state index < -0.39 is 15.8 Å². The third-order valence-corrected chi connectivity index (χ3v) is 5.48. The van der Waals surface area contributed by atoms with E-state index in [0.29, 0.717) is 6.42 Å². The third-order valence-electron chi connectivity index (χ3n) is 3.01. The van der Waals surface area contributed by atoms with Crippen LogP contribution in [0.5, 0.6) is 0 Å². The second kappa shape index (κ2) is 6.13. The summed E-state index contributed by atoms with van der Waals surface area (Å²) in [6.45, 7) is 3.27. The van der Waals surface area contributed by atoms with Gasteiger partial charge in [0.2, 0.25) is 10.0 Å². The van der Waals surface area contributed by atoms with E-state index >= 15 is 0 Å². The van der Waals surface area contributed by atoms with Crippen LogP contribution in [-0.4, -0.2) is 14.5 Å². The van der Waals surface area contributed by atoms with E-state index in [1.807, 2.05) is 17.5 Å². The maximum atomic E-state index is 13.5. The van der Waals surface area contributed by atoms with E-state index in [-0.39, 0.29) is 22.2 Å². The summed E-state index contributed by atoms with van der Waals surface area (Å²) in [7, 11) is -3.72. The Morgan fingerprint density at radius 3 is 2.71 bits per heavy atom. The van der Waals surface area contributed by atoms with Gasteiger partial charge in [-0.15, -0.1) is 11.3 Å². The molecule has 7 heteroatoms. The highest BCUT2D eigenvalue weighted by Crippen LogP contribution is 2.21. The molecule has 2 aromatic rings. The first kappa shape index (κ1) is 15.9. The first-order valence-corrected chi connectivity index (χ1v) is 8.76. The average Bonchev–Trinajstić information content (AvgIpc) is 2.87. The number of rotatable bonds is 5. The van der Waals surface area contributed by atoms with Gasteiger partial charge >= 0.3 is 0 Å². The van der Waals surface area contributed by atoms with Gasteiger partial charge in [-0.25, -0.2) is 17.5 Å². The van der Waals surface area contributed by atoms with Crippen molar-refractivity contribution in [3.63, 3.8) is 0 Å². The molecule has 0 saturated heterocycles. The molecule has 0 saturated carbocycles. The molecule has 0 radical (unpaired) electrons. The lowest BCUT2D eigenvalue weighted by atomic mass is 10.2. The minimum Gasteiger partial charge on any atom is -0.396 e. The standard InChI is InChI=1S/C14H17FN2O2S2/c1-9-6-12(8-13(16)14(9)15)21(18,19)17-10(2)7-11-4-3-5-20-11/h3-6,8,10,17H,7,16H2,1-2H3. The molecule has 0 spiro atoms. The molecule has 2 rings (SSSR count). The minimum atomic E-state index is -3.72. The van der Waals surface area contributed by atoms with Crippen molar-refractivity contribution in [1.82, 2.24) is 4.72 Å². The molecular weight excluding hydrogens is 311 g/mol. The van der Waals surface area contributed by atoms with Gasteiger partial charge < -0.3 is 5.73 Å². The van der Waals surface area contributed by atoms with E-state index in [4.69, 9.17) is 5.73 Å². The van der Waals surface area contributed by atoms with E-state index in [1.54, 1.807) is 18.3 Å². The highest BCUT2D eigenvalue weighted by molar-refractivity contribution is 7.89. The number of halogens is 1. The van der Waals surface area contributed by atoms with Crippen LogP contribution in [0.25, 0.3) is 0 Å². The van der Waals surface area contributed by atoms with Gasteiger partial charge in [-0.05, 0) is 49.4 Å². The number of nitrogens with two attached hydrogens (primary N) is 1. The number of nitrogen functional groups attached to an aromatic ring is 1. The van der Waals surface area contributed by atoms with Crippen molar-refractivity contribution in [1.29, 1.82) is 0 Å². The number of anilines is 1. The summed E-state index contributed by atoms with van der Waals surface area (Å²) in [5.41, 5.74) is 5.54. The summed E-state index contributed by atoms with van der Waals surface area (Å²) in [5.74, 6) is -0.583. The average molecular weight is 328 g/mol. The Morgan fingerprint density at radius 1 is 1.43 bits per heavy atom. The Bertz CT molecular complexity index is 704. The lowest BCUT2D eigenvalue weighted by Gasteiger charge is -2.14. The van der Waals surface area contributed by atoms with Gasteiger partial charge in [-0.2, -0.15) is 0 Å². The van der Waals surface area contributed by atoms with E-state index in [9.17, 15) is 12.8 Å². The zero-order valence-electron chi connectivity index (χ0n) is 11.8. The van der Waals surface area contributed by atoms with Gasteiger partial charge in [-0.3, -0.25) is 0 Å². The molecular formula is C14H17FN2O2S2. The van der Waals surface area contributed by atoms with Gasteiger partial charge in [0.1, 0.15) is 5.82 Å². The monoisotopic (exact) mass is 328 g/mol. The van der Waals surface area contributed by atoms with Crippen molar-refractivity contribution < 1.29 is 12.8 Å². The second-order valence-corrected chi connectivity index (χ2v) is 7.70. The molecule has 4 nitrogen and oxygen atoms in total. The number of nitrogens with one attached hydrogen (secondary N) is 1. The number of hydrogen-bond donors (Lipinski definition) is 2. The molecule has 0 amide bonds. The Morgan fingerprint density at radius 2 is 2.14 bits per heavy atom. The lowest BCUT2D eigenvalue weighted by Crippen LogP contribution is -2.34. The molecule has 114 valence electrons. The largest absolute Gasteiger partial charge is 0.396 e. The van der Waals surface area contributed by atoms with Gasteiger partial charge in [0, 0.05) is 10.9 Å². The molecule has 0 aliphatic rings. The number of sulfonamides is 1. The summed E-state index contributed by atoms with van der Waals surface area (Å²) in [6, 6.07) is 6.04. The quantitative estimate of drug-likeness (QED) is 0.829. The van der Waals surface area contributed by atoms with Crippen molar-refractivity contribution in [2.24, 2.45) is 0 Å². The predicted molar refractivity (Wildman–Crippen MR) is 83.4 cm³/mol. The Balaban J connectivity index is 2.18. The summed E-state index contributed by atoms with van der Waals surface area (Å²) in [5, 5.41) is 1.95. The summed E-state index contributed by atoms with van der Waals surface area (Å²) < 4.78 is 40.7. The van der Waals surface area contributed by atoms with Gasteiger partial charge in [0.15, 0.2) is 0 Å². The highest BCUT2D eigenvalue weighted by atomic mass is 32.2. The second-order valence-electron chi connectivity index (χ2n) is 4.95.